The Hall–Kier alpha value is -2.35. The van der Waals surface area contributed by atoms with Crippen LogP contribution >= 0.6 is 0 Å². The van der Waals surface area contributed by atoms with Gasteiger partial charge in [0.1, 0.15) is 0 Å². The van der Waals surface area contributed by atoms with Gasteiger partial charge in [-0.25, -0.2) is 4.79 Å². The number of nitrogens with zero attached hydrogens (tertiary/aromatic N) is 1. The molecule has 1 aromatic rings. The number of carbonyl (C=O) groups is 2. The van der Waals surface area contributed by atoms with Crippen molar-refractivity contribution in [1.82, 2.24) is 4.98 Å². The summed E-state index contributed by atoms with van der Waals surface area (Å²) in [5.41, 5.74) is 0.0338. The zero-order chi connectivity index (χ0) is 10.6. The molecule has 0 aliphatic carbocycles. The number of carbonyl (C=O) groups excluding carboxylic acids is 1. The van der Waals surface area contributed by atoms with E-state index in [-0.39, 0.29) is 11.3 Å². The molecule has 0 aliphatic rings. The Morgan fingerprint density at radius 1 is 1.57 bits per heavy atom. The molecule has 0 aromatic carbocycles. The number of rotatable bonds is 2. The Morgan fingerprint density at radius 3 is 2.86 bits per heavy atom. The van der Waals surface area contributed by atoms with Crippen LogP contribution in [0.3, 0.4) is 0 Å². The van der Waals surface area contributed by atoms with E-state index in [1.165, 1.54) is 18.5 Å². The molecule has 0 saturated heterocycles. The quantitative estimate of drug-likeness (QED) is 0.659. The van der Waals surface area contributed by atoms with Crippen LogP contribution in [-0.2, 0) is 4.79 Å². The summed E-state index contributed by atoms with van der Waals surface area (Å²) >= 11 is 0. The highest BCUT2D eigenvalue weighted by atomic mass is 16.4. The lowest BCUT2D eigenvalue weighted by molar-refractivity contribution is -0.111. The van der Waals surface area contributed by atoms with E-state index in [1.807, 2.05) is 5.92 Å². The maximum absolute atomic E-state index is 10.8. The summed E-state index contributed by atoms with van der Waals surface area (Å²) in [7, 11) is 0. The molecule has 14 heavy (non-hydrogen) atoms. The van der Waals surface area contributed by atoms with E-state index >= 15 is 0 Å². The van der Waals surface area contributed by atoms with Gasteiger partial charge in [0.15, 0.2) is 0 Å². The molecule has 0 radical (unpaired) electrons. The monoisotopic (exact) mass is 190 g/mol. The van der Waals surface area contributed by atoms with Crippen molar-refractivity contribution in [1.29, 1.82) is 0 Å². The fraction of sp³-hybridized carbons (Fsp3) is 0. The minimum Gasteiger partial charge on any atom is -0.478 e. The number of carboxylic acids is 1. The number of nitrogens with one attached hydrogen (secondary N) is 1. The van der Waals surface area contributed by atoms with Crippen LogP contribution in [0, 0.1) is 12.3 Å². The molecule has 2 N–H and O–H groups in total. The second kappa shape index (κ2) is 4.05. The number of hydrogen-bond donors (Lipinski definition) is 2. The lowest BCUT2D eigenvalue weighted by Gasteiger charge is -2.03. The molecule has 0 saturated carbocycles. The van der Waals surface area contributed by atoms with Gasteiger partial charge < -0.3 is 10.4 Å². The number of carboxylic acid groups (broad SMARTS) is 1. The first-order valence-electron chi connectivity index (χ1n) is 3.60. The Morgan fingerprint density at radius 2 is 2.29 bits per heavy atom. The first-order chi connectivity index (χ1) is 6.65. The maximum atomic E-state index is 10.8. The molecule has 0 bridgehead atoms. The van der Waals surface area contributed by atoms with Crippen molar-refractivity contribution in [3.63, 3.8) is 0 Å². The fourth-order valence-corrected chi connectivity index (χ4v) is 0.839. The van der Waals surface area contributed by atoms with Gasteiger partial charge in [-0.3, -0.25) is 9.78 Å². The normalized spacial score (nSPS) is 8.79. The standard InChI is InChI=1S/C9H6N2O3/c1-2-8(12)11-7-5-10-4-3-6(7)9(13)14/h1,3-5H,(H,11,12)(H,13,14). The number of pyridine rings is 1. The molecule has 1 heterocycles. The summed E-state index contributed by atoms with van der Waals surface area (Å²) in [5, 5.41) is 10.9. The van der Waals surface area contributed by atoms with E-state index < -0.39 is 11.9 Å². The zero-order valence-corrected chi connectivity index (χ0v) is 7.02. The van der Waals surface area contributed by atoms with Gasteiger partial charge in [-0.1, -0.05) is 0 Å². The molecule has 0 unspecified atom stereocenters. The van der Waals surface area contributed by atoms with Crippen molar-refractivity contribution < 1.29 is 14.7 Å². The number of aromatic carboxylic acids is 1. The summed E-state index contributed by atoms with van der Waals surface area (Å²) in [6.45, 7) is 0. The highest BCUT2D eigenvalue weighted by molar-refractivity contribution is 6.07. The van der Waals surface area contributed by atoms with E-state index in [2.05, 4.69) is 10.3 Å². The topological polar surface area (TPSA) is 79.3 Å². The third-order valence-corrected chi connectivity index (χ3v) is 1.43. The minimum absolute atomic E-state index is 0.0522. The first kappa shape index (κ1) is 9.74. The number of hydrogen-bond acceptors (Lipinski definition) is 3. The van der Waals surface area contributed by atoms with Crippen LogP contribution in [0.4, 0.5) is 5.69 Å². The van der Waals surface area contributed by atoms with Crippen molar-refractivity contribution in [2.75, 3.05) is 5.32 Å². The summed E-state index contributed by atoms with van der Waals surface area (Å²) in [4.78, 5) is 25.1. The van der Waals surface area contributed by atoms with Gasteiger partial charge in [-0.15, -0.1) is 6.42 Å². The van der Waals surface area contributed by atoms with Gasteiger partial charge in [0.2, 0.25) is 0 Å². The van der Waals surface area contributed by atoms with Crippen LogP contribution in [-0.4, -0.2) is 22.0 Å². The van der Waals surface area contributed by atoms with E-state index in [1.54, 1.807) is 0 Å². The van der Waals surface area contributed by atoms with E-state index in [0.29, 0.717) is 0 Å². The lowest BCUT2D eigenvalue weighted by atomic mass is 10.2. The smallest absolute Gasteiger partial charge is 0.337 e. The van der Waals surface area contributed by atoms with Crippen molar-refractivity contribution in [2.24, 2.45) is 0 Å². The second-order valence-corrected chi connectivity index (χ2v) is 2.32. The number of anilines is 1. The summed E-state index contributed by atoms with van der Waals surface area (Å²) in [6, 6.07) is 1.27. The molecule has 1 rings (SSSR count). The fourth-order valence-electron chi connectivity index (χ4n) is 0.839. The summed E-state index contributed by atoms with van der Waals surface area (Å²) < 4.78 is 0. The van der Waals surface area contributed by atoms with Crippen LogP contribution in [0.15, 0.2) is 18.5 Å². The lowest BCUT2D eigenvalue weighted by Crippen LogP contribution is -2.12. The van der Waals surface area contributed by atoms with Crippen molar-refractivity contribution >= 4 is 17.6 Å². The van der Waals surface area contributed by atoms with Crippen LogP contribution < -0.4 is 5.32 Å². The van der Waals surface area contributed by atoms with Crippen LogP contribution in [0.2, 0.25) is 0 Å². The highest BCUT2D eigenvalue weighted by Crippen LogP contribution is 2.12. The summed E-state index contributed by atoms with van der Waals surface area (Å²) in [5.74, 6) is -0.0521. The highest BCUT2D eigenvalue weighted by Gasteiger charge is 2.10. The molecule has 70 valence electrons. The van der Waals surface area contributed by atoms with Crippen molar-refractivity contribution in [3.8, 4) is 12.3 Å². The Labute approximate surface area is 79.8 Å². The molecule has 0 atom stereocenters. The third-order valence-electron chi connectivity index (χ3n) is 1.43. The number of terminal acetylenes is 1. The summed E-state index contributed by atoms with van der Waals surface area (Å²) in [6.07, 6.45) is 7.35. The van der Waals surface area contributed by atoms with Gasteiger partial charge >= 0.3 is 5.97 Å². The molecular weight excluding hydrogens is 184 g/mol. The average molecular weight is 190 g/mol. The Balaban J connectivity index is 3.03. The zero-order valence-electron chi connectivity index (χ0n) is 7.02. The number of amides is 1. The molecule has 5 nitrogen and oxygen atoms in total. The largest absolute Gasteiger partial charge is 0.478 e. The predicted molar refractivity (Wildman–Crippen MR) is 48.7 cm³/mol. The van der Waals surface area contributed by atoms with Gasteiger partial charge in [0.05, 0.1) is 17.4 Å². The molecule has 0 fully saturated rings. The van der Waals surface area contributed by atoms with Gasteiger partial charge in [0.25, 0.3) is 5.91 Å². The van der Waals surface area contributed by atoms with E-state index in [4.69, 9.17) is 11.5 Å². The molecule has 1 amide bonds. The van der Waals surface area contributed by atoms with Crippen LogP contribution in [0.25, 0.3) is 0 Å². The minimum atomic E-state index is -1.15. The van der Waals surface area contributed by atoms with Gasteiger partial charge in [-0.05, 0) is 12.0 Å². The predicted octanol–water partition coefficient (Wildman–Crippen LogP) is 0.351. The Bertz CT molecular complexity index is 420. The average Bonchev–Trinajstić information content (AvgIpc) is 2.18. The number of aromatic nitrogens is 1. The van der Waals surface area contributed by atoms with Gasteiger partial charge in [-0.2, -0.15) is 0 Å². The third kappa shape index (κ3) is 2.08. The van der Waals surface area contributed by atoms with E-state index in [9.17, 15) is 9.59 Å². The molecule has 0 aliphatic heterocycles. The maximum Gasteiger partial charge on any atom is 0.337 e. The SMILES string of the molecule is C#CC(=O)Nc1cnccc1C(=O)O. The Kier molecular flexibility index (Phi) is 2.82. The van der Waals surface area contributed by atoms with Crippen LogP contribution in [0.1, 0.15) is 10.4 Å². The molecular formula is C9H6N2O3. The van der Waals surface area contributed by atoms with Crippen molar-refractivity contribution in [3.05, 3.63) is 24.0 Å². The molecule has 1 aromatic heterocycles. The second-order valence-electron chi connectivity index (χ2n) is 2.32. The van der Waals surface area contributed by atoms with Crippen molar-refractivity contribution in [2.45, 2.75) is 0 Å². The van der Waals surface area contributed by atoms with E-state index in [0.717, 1.165) is 0 Å². The molecule has 0 spiro atoms. The van der Waals surface area contributed by atoms with Crippen LogP contribution in [0.5, 0.6) is 0 Å². The first-order valence-corrected chi connectivity index (χ1v) is 3.60. The van der Waals surface area contributed by atoms with Gasteiger partial charge in [0, 0.05) is 6.20 Å². The molecule has 5 heteroatoms.